The molecule has 0 saturated carbocycles. The zero-order valence-corrected chi connectivity index (χ0v) is 24.6. The molecule has 0 bridgehead atoms. The number of amides is 4. The number of rotatable bonds is 15. The van der Waals surface area contributed by atoms with Gasteiger partial charge in [-0.25, -0.2) is 4.79 Å². The van der Waals surface area contributed by atoms with Crippen LogP contribution in [0.5, 0.6) is 5.75 Å². The van der Waals surface area contributed by atoms with E-state index in [0.29, 0.717) is 17.5 Å². The van der Waals surface area contributed by atoms with Crippen molar-refractivity contribution in [2.24, 2.45) is 5.73 Å². The maximum atomic E-state index is 14.1. The molecule has 0 aliphatic carbocycles. The van der Waals surface area contributed by atoms with Crippen molar-refractivity contribution in [3.8, 4) is 5.75 Å². The third-order valence-corrected chi connectivity index (χ3v) is 6.16. The van der Waals surface area contributed by atoms with E-state index >= 15 is 0 Å². The number of aromatic hydroxyl groups is 1. The maximum absolute atomic E-state index is 14.1. The smallest absolute Gasteiger partial charge is 0.408 e. The number of benzene rings is 1. The van der Waals surface area contributed by atoms with Gasteiger partial charge in [-0.2, -0.15) is 0 Å². The number of carbonyl (C=O) groups excluding carboxylic acids is 4. The molecule has 0 radical (unpaired) electrons. The number of phenolic OH excluding ortho intramolecular Hbond substituents is 1. The van der Waals surface area contributed by atoms with Crippen LogP contribution in [-0.4, -0.2) is 58.1 Å². The van der Waals surface area contributed by atoms with Crippen molar-refractivity contribution >= 4 is 23.8 Å². The minimum atomic E-state index is -1.14. The highest BCUT2D eigenvalue weighted by Crippen LogP contribution is 2.28. The van der Waals surface area contributed by atoms with Gasteiger partial charge in [-0.1, -0.05) is 39.2 Å². The molecule has 1 aromatic carbocycles. The van der Waals surface area contributed by atoms with Crippen LogP contribution in [0.3, 0.4) is 0 Å². The van der Waals surface area contributed by atoms with Gasteiger partial charge in [0.15, 0.2) is 0 Å². The predicted molar refractivity (Wildman–Crippen MR) is 151 cm³/mol. The molecular formula is C29H48N4O6. The first-order valence-corrected chi connectivity index (χ1v) is 13.9. The predicted octanol–water partition coefficient (Wildman–Crippen LogP) is 4.22. The molecule has 1 aromatic rings. The Morgan fingerprint density at radius 1 is 1.05 bits per heavy atom. The number of ether oxygens (including phenoxy) is 1. The van der Waals surface area contributed by atoms with Crippen LogP contribution < -0.4 is 16.4 Å². The van der Waals surface area contributed by atoms with E-state index in [1.165, 1.54) is 11.0 Å². The number of nitrogens with two attached hydrogens (primary N) is 1. The van der Waals surface area contributed by atoms with E-state index in [-0.39, 0.29) is 37.1 Å². The van der Waals surface area contributed by atoms with Crippen LogP contribution in [0.1, 0.15) is 104 Å². The van der Waals surface area contributed by atoms with Crippen molar-refractivity contribution in [2.75, 3.05) is 6.54 Å². The fourth-order valence-corrected chi connectivity index (χ4v) is 4.24. The van der Waals surface area contributed by atoms with Crippen molar-refractivity contribution in [3.05, 3.63) is 29.3 Å². The number of phenols is 1. The quantitative estimate of drug-likeness (QED) is 0.241. The van der Waals surface area contributed by atoms with Gasteiger partial charge in [-0.05, 0) is 77.1 Å². The molecular weight excluding hydrogens is 500 g/mol. The molecule has 10 nitrogen and oxygen atoms in total. The molecule has 0 aliphatic heterocycles. The van der Waals surface area contributed by atoms with Crippen LogP contribution >= 0.6 is 0 Å². The number of nitrogens with zero attached hydrogens (tertiary/aromatic N) is 1. The standard InChI is InChI=1S/C29H48N4O6/c1-8-10-11-17-33(27(37)22(14-16-24(30)35)32-28(38)39-29(5,6)7)25(26(36)31-20(4)12-9-2)21-13-15-23(34)19(3)18-21/h13,15,18,20,22,25,34H,8-12,14,16-17H2,1-7H3,(H2,30,35)(H,31,36)(H,32,38). The number of primary amides is 1. The lowest BCUT2D eigenvalue weighted by molar-refractivity contribution is -0.143. The van der Waals surface area contributed by atoms with Crippen LogP contribution in [-0.2, 0) is 19.1 Å². The Kier molecular flexibility index (Phi) is 13.8. The zero-order valence-electron chi connectivity index (χ0n) is 24.6. The van der Waals surface area contributed by atoms with Gasteiger partial charge in [0, 0.05) is 19.0 Å². The third-order valence-electron chi connectivity index (χ3n) is 6.16. The molecule has 220 valence electrons. The second-order valence-corrected chi connectivity index (χ2v) is 11.1. The van der Waals surface area contributed by atoms with Gasteiger partial charge in [-0.15, -0.1) is 0 Å². The minimum absolute atomic E-state index is 0.0487. The fraction of sp³-hybridized carbons (Fsp3) is 0.655. The first-order chi connectivity index (χ1) is 18.2. The van der Waals surface area contributed by atoms with E-state index in [9.17, 15) is 24.3 Å². The van der Waals surface area contributed by atoms with Crippen LogP contribution in [0.25, 0.3) is 0 Å². The van der Waals surface area contributed by atoms with E-state index in [4.69, 9.17) is 10.5 Å². The molecule has 0 aromatic heterocycles. The van der Waals surface area contributed by atoms with Gasteiger partial charge in [0.25, 0.3) is 0 Å². The summed E-state index contributed by atoms with van der Waals surface area (Å²) in [5, 5.41) is 15.7. The Labute approximate surface area is 233 Å². The summed E-state index contributed by atoms with van der Waals surface area (Å²) in [4.78, 5) is 53.6. The molecule has 0 heterocycles. The number of alkyl carbamates (subject to hydrolysis) is 1. The molecule has 39 heavy (non-hydrogen) atoms. The summed E-state index contributed by atoms with van der Waals surface area (Å²) in [5.41, 5.74) is 5.65. The van der Waals surface area contributed by atoms with Crippen molar-refractivity contribution in [1.82, 2.24) is 15.5 Å². The van der Waals surface area contributed by atoms with E-state index in [2.05, 4.69) is 10.6 Å². The van der Waals surface area contributed by atoms with E-state index < -0.39 is 35.6 Å². The van der Waals surface area contributed by atoms with E-state index in [1.54, 1.807) is 39.8 Å². The third kappa shape index (κ3) is 12.0. The lowest BCUT2D eigenvalue weighted by Crippen LogP contribution is -2.54. The van der Waals surface area contributed by atoms with Crippen molar-refractivity contribution in [1.29, 1.82) is 0 Å². The molecule has 0 saturated heterocycles. The summed E-state index contributed by atoms with van der Waals surface area (Å²) in [5.74, 6) is -1.43. The summed E-state index contributed by atoms with van der Waals surface area (Å²) >= 11 is 0. The van der Waals surface area contributed by atoms with Gasteiger partial charge >= 0.3 is 6.09 Å². The van der Waals surface area contributed by atoms with Gasteiger partial charge in [0.1, 0.15) is 23.4 Å². The number of aryl methyl sites for hydroxylation is 1. The lowest BCUT2D eigenvalue weighted by Gasteiger charge is -2.35. The van der Waals surface area contributed by atoms with Crippen molar-refractivity contribution < 1.29 is 29.0 Å². The summed E-state index contributed by atoms with van der Waals surface area (Å²) in [7, 11) is 0. The molecule has 0 fully saturated rings. The van der Waals surface area contributed by atoms with E-state index in [1.807, 2.05) is 20.8 Å². The summed E-state index contributed by atoms with van der Waals surface area (Å²) in [6.45, 7) is 13.0. The van der Waals surface area contributed by atoms with Crippen molar-refractivity contribution in [3.63, 3.8) is 0 Å². The number of unbranched alkanes of at least 4 members (excludes halogenated alkanes) is 2. The normalized spacial score (nSPS) is 13.6. The van der Waals surface area contributed by atoms with Crippen LogP contribution in [0.2, 0.25) is 0 Å². The SMILES string of the molecule is CCCCCN(C(=O)C(CCC(N)=O)NC(=O)OC(C)(C)C)C(C(=O)NC(C)CCC)c1ccc(O)c(C)c1. The summed E-state index contributed by atoms with van der Waals surface area (Å²) < 4.78 is 5.36. The monoisotopic (exact) mass is 548 g/mol. The fourth-order valence-electron chi connectivity index (χ4n) is 4.24. The Hall–Kier alpha value is -3.30. The van der Waals surface area contributed by atoms with Crippen LogP contribution in [0.4, 0.5) is 4.79 Å². The lowest BCUT2D eigenvalue weighted by atomic mass is 9.98. The maximum Gasteiger partial charge on any atom is 0.408 e. The highest BCUT2D eigenvalue weighted by Gasteiger charge is 2.36. The van der Waals surface area contributed by atoms with Gasteiger partial charge in [0.2, 0.25) is 17.7 Å². The van der Waals surface area contributed by atoms with Gasteiger partial charge < -0.3 is 31.1 Å². The van der Waals surface area contributed by atoms with Crippen LogP contribution in [0, 0.1) is 6.92 Å². The number of hydrogen-bond donors (Lipinski definition) is 4. The Morgan fingerprint density at radius 2 is 1.72 bits per heavy atom. The largest absolute Gasteiger partial charge is 0.508 e. The highest BCUT2D eigenvalue weighted by molar-refractivity contribution is 5.92. The number of hydrogen-bond acceptors (Lipinski definition) is 6. The summed E-state index contributed by atoms with van der Waals surface area (Å²) in [6.07, 6.45) is 2.98. The van der Waals surface area contributed by atoms with Crippen LogP contribution in [0.15, 0.2) is 18.2 Å². The molecule has 10 heteroatoms. The molecule has 3 atom stereocenters. The summed E-state index contributed by atoms with van der Waals surface area (Å²) in [6, 6.07) is 2.51. The highest BCUT2D eigenvalue weighted by atomic mass is 16.6. The average molecular weight is 549 g/mol. The van der Waals surface area contributed by atoms with Gasteiger partial charge in [-0.3, -0.25) is 14.4 Å². The molecule has 1 rings (SSSR count). The number of carbonyl (C=O) groups is 4. The molecule has 4 amide bonds. The second-order valence-electron chi connectivity index (χ2n) is 11.1. The Morgan fingerprint density at radius 3 is 2.26 bits per heavy atom. The molecule has 0 spiro atoms. The Balaban J connectivity index is 3.56. The topological polar surface area (TPSA) is 151 Å². The number of nitrogens with one attached hydrogen (secondary N) is 2. The first-order valence-electron chi connectivity index (χ1n) is 13.9. The zero-order chi connectivity index (χ0) is 29.8. The average Bonchev–Trinajstić information content (AvgIpc) is 2.81. The molecule has 5 N–H and O–H groups in total. The van der Waals surface area contributed by atoms with Crippen molar-refractivity contribution in [2.45, 2.75) is 117 Å². The molecule has 0 aliphatic rings. The van der Waals surface area contributed by atoms with E-state index in [0.717, 1.165) is 25.7 Å². The minimum Gasteiger partial charge on any atom is -0.508 e. The second kappa shape index (κ2) is 16.0. The first kappa shape index (κ1) is 33.7. The Bertz CT molecular complexity index is 975. The van der Waals surface area contributed by atoms with Gasteiger partial charge in [0.05, 0.1) is 0 Å². The molecule has 3 unspecified atom stereocenters.